The van der Waals surface area contributed by atoms with Crippen LogP contribution in [-0.2, 0) is 11.2 Å². The molecule has 0 saturated heterocycles. The normalized spacial score (nSPS) is 10.5. The molecule has 0 bridgehead atoms. The highest BCUT2D eigenvalue weighted by Gasteiger charge is 2.12. The number of fused-ring (bicyclic) bond motifs is 1. The molecule has 178 valence electrons. The van der Waals surface area contributed by atoms with Gasteiger partial charge in [0.1, 0.15) is 11.5 Å². The Bertz CT molecular complexity index is 1360. The van der Waals surface area contributed by atoms with E-state index in [4.69, 9.17) is 38.0 Å². The number of hydrogen-bond donors (Lipinski definition) is 2. The van der Waals surface area contributed by atoms with Gasteiger partial charge in [-0.25, -0.2) is 0 Å². The largest absolute Gasteiger partial charge is 0.493 e. The van der Waals surface area contributed by atoms with E-state index in [1.54, 1.807) is 81.1 Å². The lowest BCUT2D eigenvalue weighted by Crippen LogP contribution is -2.35. The molecule has 0 aliphatic rings. The number of methoxy groups -OCH3 is 2. The van der Waals surface area contributed by atoms with Gasteiger partial charge in [0.2, 0.25) is 5.91 Å². The molecular formula is C26H22ClN3O4S. The maximum Gasteiger partial charge on any atom is 0.230 e. The summed E-state index contributed by atoms with van der Waals surface area (Å²) in [5.74, 6) is 2.21. The number of carbonyl (C=O) groups is 1. The average Bonchev–Trinajstić information content (AvgIpc) is 2.85. The van der Waals surface area contributed by atoms with Crippen molar-refractivity contribution in [3.8, 4) is 23.0 Å². The number of anilines is 1. The summed E-state index contributed by atoms with van der Waals surface area (Å²) in [6.07, 6.45) is 1.87. The average molecular weight is 508 g/mol. The fraction of sp³-hybridized carbons (Fsp3) is 0.115. The van der Waals surface area contributed by atoms with E-state index in [0.717, 1.165) is 16.5 Å². The second-order valence-electron chi connectivity index (χ2n) is 7.47. The molecule has 0 atom stereocenters. The number of rotatable bonds is 7. The van der Waals surface area contributed by atoms with Crippen LogP contribution in [0.25, 0.3) is 10.9 Å². The fourth-order valence-electron chi connectivity index (χ4n) is 3.39. The first-order chi connectivity index (χ1) is 16.9. The van der Waals surface area contributed by atoms with E-state index in [9.17, 15) is 4.79 Å². The minimum absolute atomic E-state index is 0.197. The summed E-state index contributed by atoms with van der Waals surface area (Å²) in [5, 5.41) is 7.29. The number of carbonyl (C=O) groups excluding carboxylic acids is 1. The van der Waals surface area contributed by atoms with Gasteiger partial charge in [0.05, 0.1) is 26.2 Å². The molecule has 0 radical (unpaired) electrons. The van der Waals surface area contributed by atoms with Crippen LogP contribution in [-0.4, -0.2) is 30.2 Å². The lowest BCUT2D eigenvalue weighted by atomic mass is 10.1. The van der Waals surface area contributed by atoms with Gasteiger partial charge in [-0.2, -0.15) is 0 Å². The van der Waals surface area contributed by atoms with Crippen LogP contribution in [0, 0.1) is 0 Å². The summed E-state index contributed by atoms with van der Waals surface area (Å²) < 4.78 is 16.8. The van der Waals surface area contributed by atoms with Crippen LogP contribution in [0.5, 0.6) is 23.0 Å². The number of benzene rings is 3. The Morgan fingerprint density at radius 1 is 0.943 bits per heavy atom. The van der Waals surface area contributed by atoms with E-state index in [2.05, 4.69) is 15.6 Å². The van der Waals surface area contributed by atoms with Gasteiger partial charge in [-0.3, -0.25) is 9.78 Å². The third-order valence-corrected chi connectivity index (χ3v) is 5.53. The summed E-state index contributed by atoms with van der Waals surface area (Å²) in [6, 6.07) is 19.7. The van der Waals surface area contributed by atoms with Gasteiger partial charge in [-0.15, -0.1) is 0 Å². The van der Waals surface area contributed by atoms with Crippen LogP contribution in [0.15, 0.2) is 72.9 Å². The number of nitrogens with one attached hydrogen (secondary N) is 2. The molecule has 1 heterocycles. The summed E-state index contributed by atoms with van der Waals surface area (Å²) >= 11 is 11.1. The summed E-state index contributed by atoms with van der Waals surface area (Å²) in [4.78, 5) is 16.6. The standard InChI is InChI=1S/C26H22ClN3O4S/c1-32-23-14-20-21(15-24(23)33-2)28-12-11-22(20)34-19-9-7-18(8-10-19)29-26(35)30-25(31)13-16-3-5-17(27)6-4-16/h3-12,14-15H,13H2,1-2H3,(H2,29,30,31,35). The maximum atomic E-state index is 12.2. The van der Waals surface area contributed by atoms with Crippen LogP contribution in [0.2, 0.25) is 5.02 Å². The summed E-state index contributed by atoms with van der Waals surface area (Å²) in [5.41, 5.74) is 2.27. The Balaban J connectivity index is 1.39. The van der Waals surface area contributed by atoms with Crippen molar-refractivity contribution in [1.82, 2.24) is 10.3 Å². The number of aromatic nitrogens is 1. The van der Waals surface area contributed by atoms with Crippen molar-refractivity contribution in [1.29, 1.82) is 0 Å². The monoisotopic (exact) mass is 507 g/mol. The predicted molar refractivity (Wildman–Crippen MR) is 141 cm³/mol. The number of ether oxygens (including phenoxy) is 3. The molecule has 35 heavy (non-hydrogen) atoms. The topological polar surface area (TPSA) is 81.7 Å². The number of halogens is 1. The van der Waals surface area contributed by atoms with Crippen molar-refractivity contribution in [2.75, 3.05) is 19.5 Å². The van der Waals surface area contributed by atoms with Crippen LogP contribution in [0.1, 0.15) is 5.56 Å². The Labute approximate surface area is 213 Å². The van der Waals surface area contributed by atoms with Crippen molar-refractivity contribution in [2.45, 2.75) is 6.42 Å². The number of hydrogen-bond acceptors (Lipinski definition) is 6. The van der Waals surface area contributed by atoms with E-state index < -0.39 is 0 Å². The molecule has 0 saturated carbocycles. The van der Waals surface area contributed by atoms with E-state index in [0.29, 0.717) is 33.7 Å². The van der Waals surface area contributed by atoms with Crippen LogP contribution in [0.4, 0.5) is 5.69 Å². The van der Waals surface area contributed by atoms with E-state index in [1.165, 1.54) is 0 Å². The number of nitrogens with zero attached hydrogens (tertiary/aromatic N) is 1. The third-order valence-electron chi connectivity index (χ3n) is 5.08. The van der Waals surface area contributed by atoms with Gasteiger partial charge in [0, 0.05) is 28.4 Å². The van der Waals surface area contributed by atoms with Crippen molar-refractivity contribution in [3.63, 3.8) is 0 Å². The molecule has 1 aromatic heterocycles. The highest BCUT2D eigenvalue weighted by atomic mass is 35.5. The smallest absolute Gasteiger partial charge is 0.230 e. The van der Waals surface area contributed by atoms with Gasteiger partial charge >= 0.3 is 0 Å². The van der Waals surface area contributed by atoms with E-state index >= 15 is 0 Å². The highest BCUT2D eigenvalue weighted by molar-refractivity contribution is 7.80. The Morgan fingerprint density at radius 2 is 1.63 bits per heavy atom. The molecule has 0 aliphatic carbocycles. The molecule has 7 nitrogen and oxygen atoms in total. The molecule has 0 aliphatic heterocycles. The van der Waals surface area contributed by atoms with Crippen molar-refractivity contribution >= 4 is 51.4 Å². The van der Waals surface area contributed by atoms with Gasteiger partial charge in [-0.1, -0.05) is 23.7 Å². The number of thiocarbonyl (C=S) groups is 1. The van der Waals surface area contributed by atoms with Gasteiger partial charge in [0.25, 0.3) is 0 Å². The minimum Gasteiger partial charge on any atom is -0.493 e. The molecule has 0 spiro atoms. The lowest BCUT2D eigenvalue weighted by Gasteiger charge is -2.13. The van der Waals surface area contributed by atoms with Gasteiger partial charge in [0.15, 0.2) is 16.6 Å². The zero-order chi connectivity index (χ0) is 24.8. The SMILES string of the molecule is COc1cc2nccc(Oc3ccc(NC(=S)NC(=O)Cc4ccc(Cl)cc4)cc3)c2cc1OC. The minimum atomic E-state index is -0.221. The predicted octanol–water partition coefficient (Wildman–Crippen LogP) is 5.75. The first-order valence-electron chi connectivity index (χ1n) is 10.6. The molecule has 0 unspecified atom stereocenters. The summed E-state index contributed by atoms with van der Waals surface area (Å²) in [6.45, 7) is 0. The van der Waals surface area contributed by atoms with Crippen LogP contribution >= 0.6 is 23.8 Å². The summed E-state index contributed by atoms with van der Waals surface area (Å²) in [7, 11) is 3.16. The zero-order valence-electron chi connectivity index (χ0n) is 19.0. The van der Waals surface area contributed by atoms with E-state index in [-0.39, 0.29) is 17.4 Å². The van der Waals surface area contributed by atoms with Crippen LogP contribution in [0.3, 0.4) is 0 Å². The molecule has 9 heteroatoms. The van der Waals surface area contributed by atoms with Crippen molar-refractivity contribution < 1.29 is 19.0 Å². The lowest BCUT2D eigenvalue weighted by molar-refractivity contribution is -0.119. The fourth-order valence-corrected chi connectivity index (χ4v) is 3.75. The highest BCUT2D eigenvalue weighted by Crippen LogP contribution is 2.36. The van der Waals surface area contributed by atoms with Crippen molar-refractivity contribution in [3.05, 3.63) is 83.5 Å². The molecule has 4 aromatic rings. The number of amides is 1. The molecule has 3 aromatic carbocycles. The quantitative estimate of drug-likeness (QED) is 0.308. The molecule has 0 fully saturated rings. The first kappa shape index (κ1) is 24.3. The van der Waals surface area contributed by atoms with E-state index in [1.807, 2.05) is 6.07 Å². The molecule has 4 rings (SSSR count). The second-order valence-corrected chi connectivity index (χ2v) is 8.31. The Morgan fingerprint density at radius 3 is 2.31 bits per heavy atom. The van der Waals surface area contributed by atoms with Crippen LogP contribution < -0.4 is 24.8 Å². The molecule has 2 N–H and O–H groups in total. The molecular weight excluding hydrogens is 486 g/mol. The van der Waals surface area contributed by atoms with Gasteiger partial charge in [-0.05, 0) is 66.3 Å². The number of pyridine rings is 1. The van der Waals surface area contributed by atoms with Crippen molar-refractivity contribution in [2.24, 2.45) is 0 Å². The zero-order valence-corrected chi connectivity index (χ0v) is 20.6. The Kier molecular flexibility index (Phi) is 7.64. The maximum absolute atomic E-state index is 12.2. The Hall–Kier alpha value is -3.88. The molecule has 1 amide bonds. The second kappa shape index (κ2) is 11.0. The third kappa shape index (κ3) is 6.17. The van der Waals surface area contributed by atoms with Gasteiger partial charge < -0.3 is 24.8 Å². The first-order valence-corrected chi connectivity index (χ1v) is 11.4.